The number of aliphatic hydroxyl groups is 2. The zero-order chi connectivity index (χ0) is 50.4. The first-order valence-electron chi connectivity index (χ1n) is 25.3. The molecule has 2 N–H and O–H groups in total. The number of aliphatic hydroxyl groups excluding tert-OH is 2. The molecule has 1 fully saturated rings. The number of hydrogen-bond acceptors (Lipinski definition) is 13. The molecule has 9 rings (SSSR count). The fourth-order valence-electron chi connectivity index (χ4n) is 10.8. The Labute approximate surface area is 426 Å². The first-order valence-corrected chi connectivity index (χ1v) is 25.3. The Morgan fingerprint density at radius 2 is 1.52 bits per heavy atom. The molecule has 73 heavy (non-hydrogen) atoms. The molecule has 0 unspecified atom stereocenters. The monoisotopic (exact) mass is 992 g/mol. The van der Waals surface area contributed by atoms with Crippen molar-refractivity contribution in [2.24, 2.45) is 22.9 Å². The van der Waals surface area contributed by atoms with Crippen LogP contribution in [0.5, 0.6) is 28.7 Å². The van der Waals surface area contributed by atoms with E-state index in [9.17, 15) is 15.0 Å². The van der Waals surface area contributed by atoms with Crippen LogP contribution in [-0.2, 0) is 38.8 Å². The largest absolute Gasteiger partial charge is 0.459 e. The van der Waals surface area contributed by atoms with Crippen LogP contribution in [0, 0.1) is 17.8 Å². The van der Waals surface area contributed by atoms with Gasteiger partial charge in [-0.3, -0.25) is 9.69 Å². The minimum atomic E-state index is -1.57. The molecule has 1 saturated carbocycles. The van der Waals surface area contributed by atoms with Crippen LogP contribution in [0.15, 0.2) is 151 Å². The van der Waals surface area contributed by atoms with E-state index in [0.29, 0.717) is 59.5 Å². The highest BCUT2D eigenvalue weighted by atomic mass is 16.7. The molecule has 0 aromatic heterocycles. The second-order valence-corrected chi connectivity index (χ2v) is 18.8. The molecule has 2 aliphatic heterocycles. The summed E-state index contributed by atoms with van der Waals surface area (Å²) < 4.78 is 44.9. The molecule has 382 valence electrons. The average molecular weight is 993 g/mol. The van der Waals surface area contributed by atoms with Crippen molar-refractivity contribution in [2.45, 2.75) is 82.5 Å². The molecule has 5 aromatic carbocycles. The summed E-state index contributed by atoms with van der Waals surface area (Å²) in [7, 11) is 0. The minimum Gasteiger partial charge on any atom is -0.459 e. The Kier molecular flexibility index (Phi) is 17.2. The summed E-state index contributed by atoms with van der Waals surface area (Å²) >= 11 is 0. The topological polar surface area (TPSA) is 164 Å². The number of amides is 1. The maximum atomic E-state index is 15.2. The highest BCUT2D eigenvalue weighted by Gasteiger charge is 2.66. The van der Waals surface area contributed by atoms with Gasteiger partial charge in [-0.05, 0) is 102 Å². The highest BCUT2D eigenvalue weighted by Crippen LogP contribution is 2.62. The van der Waals surface area contributed by atoms with E-state index >= 15 is 4.79 Å². The van der Waals surface area contributed by atoms with Crippen molar-refractivity contribution in [3.8, 4) is 28.7 Å². The molecular weight excluding hydrogens is 929 g/mol. The smallest absolute Gasteiger partial charge is 0.410 e. The maximum absolute atomic E-state index is 15.2. The highest BCUT2D eigenvalue weighted by molar-refractivity contribution is 6.03. The number of fused-ring (bicyclic) bond motifs is 3. The summed E-state index contributed by atoms with van der Waals surface area (Å²) in [6, 6.07) is 37.1. The molecule has 14 heteroatoms. The zero-order valence-electron chi connectivity index (χ0n) is 41.1. The van der Waals surface area contributed by atoms with Crippen LogP contribution in [0.1, 0.15) is 83.5 Å². The summed E-state index contributed by atoms with van der Waals surface area (Å²) in [4.78, 5) is 35.0. The summed E-state index contributed by atoms with van der Waals surface area (Å²) in [6.07, 6.45) is 8.59. The molecular formula is C59H64N2O12. The number of hydrogen-bond donors (Lipinski definition) is 2. The number of allylic oxidation sites excluding steroid dienone is 1. The number of nitrogens with zero attached hydrogens (tertiary/aromatic N) is 2. The van der Waals surface area contributed by atoms with Crippen molar-refractivity contribution >= 4 is 18.1 Å². The van der Waals surface area contributed by atoms with Gasteiger partial charge in [0.2, 0.25) is 12.6 Å². The first kappa shape index (κ1) is 51.0. The van der Waals surface area contributed by atoms with Crippen molar-refractivity contribution in [3.63, 3.8) is 0 Å². The van der Waals surface area contributed by atoms with Crippen LogP contribution in [0.3, 0.4) is 0 Å². The molecule has 0 spiro atoms. The van der Waals surface area contributed by atoms with Gasteiger partial charge >= 0.3 is 6.09 Å². The van der Waals surface area contributed by atoms with E-state index in [0.717, 1.165) is 59.8 Å². The molecule has 2 heterocycles. The quantitative estimate of drug-likeness (QED) is 0.0247. The summed E-state index contributed by atoms with van der Waals surface area (Å²) in [5.41, 5.74) is 5.57. The maximum Gasteiger partial charge on any atom is 0.410 e. The number of rotatable bonds is 25. The Hall–Kier alpha value is -6.97. The third kappa shape index (κ3) is 12.0. The van der Waals surface area contributed by atoms with Gasteiger partial charge in [-0.25, -0.2) is 4.79 Å². The first-order chi connectivity index (χ1) is 35.9. The Morgan fingerprint density at radius 1 is 0.781 bits per heavy atom. The lowest BCUT2D eigenvalue weighted by atomic mass is 9.55. The predicted octanol–water partition coefficient (Wildman–Crippen LogP) is 10.7. The van der Waals surface area contributed by atoms with E-state index in [1.807, 2.05) is 97.1 Å². The van der Waals surface area contributed by atoms with Gasteiger partial charge in [0.1, 0.15) is 42.8 Å². The predicted molar refractivity (Wildman–Crippen MR) is 274 cm³/mol. The summed E-state index contributed by atoms with van der Waals surface area (Å²) in [5, 5.41) is 25.2. The Balaban J connectivity index is 1.19. The van der Waals surface area contributed by atoms with Crippen molar-refractivity contribution in [2.75, 3.05) is 39.8 Å². The van der Waals surface area contributed by atoms with E-state index < -0.39 is 23.8 Å². The second kappa shape index (κ2) is 24.6. The third-order valence-corrected chi connectivity index (χ3v) is 14.1. The zero-order valence-corrected chi connectivity index (χ0v) is 41.1. The molecule has 2 aliphatic carbocycles. The molecule has 14 nitrogen and oxygen atoms in total. The summed E-state index contributed by atoms with van der Waals surface area (Å²) in [5.74, 6) is 0.238. The van der Waals surface area contributed by atoms with Crippen LogP contribution in [0.4, 0.5) is 4.79 Å². The van der Waals surface area contributed by atoms with E-state index in [2.05, 4.69) is 12.7 Å². The molecule has 1 amide bonds. The number of benzene rings is 5. The van der Waals surface area contributed by atoms with E-state index in [4.69, 9.17) is 43.2 Å². The normalized spacial score (nSPS) is 21.8. The number of carbonyl (C=O) groups excluding carboxylic acids is 2. The van der Waals surface area contributed by atoms with Crippen molar-refractivity contribution in [3.05, 3.63) is 173 Å². The SMILES string of the molecule is C=CCO[C@@]12Oc3ccc(Oc4cccc(C=O)c4)cc3[C@H]3[C@H](CCCCO)[C@@H](CCCCO)C=C(C(=NOCc4ccccc4)C[C@@H]1N(Cc1ccc4c(c1)OCO4)C(=O)OCCOCc1ccccc1)[C@H]32. The number of unbranched alkanes of at least 4 members (excludes halogenated alkanes) is 2. The summed E-state index contributed by atoms with van der Waals surface area (Å²) in [6.45, 7) is 5.10. The minimum absolute atomic E-state index is 0.000134. The number of carbonyl (C=O) groups is 2. The molecule has 4 aliphatic rings. The van der Waals surface area contributed by atoms with E-state index in [-0.39, 0.29) is 77.2 Å². The number of oxime groups is 1. The lowest BCUT2D eigenvalue weighted by Gasteiger charge is -2.59. The van der Waals surface area contributed by atoms with Crippen molar-refractivity contribution in [1.29, 1.82) is 0 Å². The van der Waals surface area contributed by atoms with Crippen molar-refractivity contribution in [1.82, 2.24) is 4.90 Å². The van der Waals surface area contributed by atoms with Gasteiger partial charge in [-0.1, -0.05) is 109 Å². The van der Waals surface area contributed by atoms with Gasteiger partial charge in [0, 0.05) is 43.2 Å². The number of aldehydes is 1. The van der Waals surface area contributed by atoms with Gasteiger partial charge in [-0.2, -0.15) is 0 Å². The van der Waals surface area contributed by atoms with Crippen LogP contribution in [0.25, 0.3) is 0 Å². The lowest BCUT2D eigenvalue weighted by molar-refractivity contribution is -0.256. The van der Waals surface area contributed by atoms with Gasteiger partial charge in [0.15, 0.2) is 11.5 Å². The molecule has 0 bridgehead atoms. The molecule has 6 atom stereocenters. The van der Waals surface area contributed by atoms with Crippen LogP contribution >= 0.6 is 0 Å². The number of ether oxygens (including phenoxy) is 7. The van der Waals surface area contributed by atoms with E-state index in [1.165, 1.54) is 0 Å². The molecule has 0 saturated heterocycles. The Bertz CT molecular complexity index is 2710. The standard InChI is InChI=1S/C59H64N2O12/c1-2-28-70-59-55(61(36-43-22-24-53-54(32-43)69-40-68-53)58(65)67-30-29-66-38-41-14-5-3-6-15-41)35-51(60-71-39-42-16-7-4-8-17-42)49-33-45(19-9-11-26-62)48(21-10-12-27-63)56(57(49)59)50-34-47(23-25-52(50)73-59)72-46-20-13-18-44(31-46)37-64/h2-8,13-18,20,22-25,31-34,37,45,48,55-57,62-63H,1,9-12,19,21,26-30,35-36,38-40H2/t45-,48+,55-,56+,57+,59+/m0/s1. The van der Waals surface area contributed by atoms with Crippen LogP contribution in [-0.4, -0.2) is 84.9 Å². The van der Waals surface area contributed by atoms with Gasteiger partial charge < -0.3 is 48.2 Å². The lowest BCUT2D eigenvalue weighted by Crippen LogP contribution is -2.70. The van der Waals surface area contributed by atoms with Gasteiger partial charge in [0.25, 0.3) is 0 Å². The fraction of sp³-hybridized carbons (Fsp3) is 0.373. The van der Waals surface area contributed by atoms with Crippen molar-refractivity contribution < 1.29 is 57.8 Å². The average Bonchev–Trinajstić information content (AvgIpc) is 3.90. The van der Waals surface area contributed by atoms with Gasteiger partial charge in [-0.15, -0.1) is 6.58 Å². The van der Waals surface area contributed by atoms with Gasteiger partial charge in [0.05, 0.1) is 31.5 Å². The molecule has 5 aromatic rings. The van der Waals surface area contributed by atoms with E-state index in [1.54, 1.807) is 35.2 Å². The fourth-order valence-corrected chi connectivity index (χ4v) is 10.8. The molecule has 0 radical (unpaired) electrons. The van der Waals surface area contributed by atoms with Crippen LogP contribution in [0.2, 0.25) is 0 Å². The second-order valence-electron chi connectivity index (χ2n) is 18.8. The van der Waals surface area contributed by atoms with Crippen LogP contribution < -0.4 is 18.9 Å². The Morgan fingerprint density at radius 3 is 2.29 bits per heavy atom. The third-order valence-electron chi connectivity index (χ3n) is 14.1.